The lowest BCUT2D eigenvalue weighted by Gasteiger charge is -2.13. The van der Waals surface area contributed by atoms with Gasteiger partial charge in [-0.2, -0.15) is 4.98 Å². The SMILES string of the molecule is CC(=O)Nc1cc(C)cc(Nc2ncc(Cl)c(Nc3ccc4c(n3)NC(=O)C(C)CO4)n2)c1. The molecule has 10 nitrogen and oxygen atoms in total. The Hall–Kier alpha value is -3.92. The summed E-state index contributed by atoms with van der Waals surface area (Å²) in [6, 6.07) is 8.95. The number of carbonyl (C=O) groups is 2. The van der Waals surface area contributed by atoms with Gasteiger partial charge < -0.3 is 26.0 Å². The first-order valence-electron chi connectivity index (χ1n) is 10.2. The molecule has 1 aromatic carbocycles. The molecule has 1 aliphatic rings. The summed E-state index contributed by atoms with van der Waals surface area (Å²) in [6.45, 7) is 5.43. The van der Waals surface area contributed by atoms with Crippen LogP contribution in [0.3, 0.4) is 0 Å². The Balaban J connectivity index is 1.55. The summed E-state index contributed by atoms with van der Waals surface area (Å²) >= 11 is 6.28. The Kier molecular flexibility index (Phi) is 6.27. The van der Waals surface area contributed by atoms with Crippen molar-refractivity contribution in [2.75, 3.05) is 27.9 Å². The minimum absolute atomic E-state index is 0.162. The third kappa shape index (κ3) is 5.47. The van der Waals surface area contributed by atoms with Crippen molar-refractivity contribution in [2.45, 2.75) is 20.8 Å². The zero-order valence-corrected chi connectivity index (χ0v) is 18.9. The van der Waals surface area contributed by atoms with Crippen LogP contribution in [0.1, 0.15) is 19.4 Å². The van der Waals surface area contributed by atoms with E-state index in [1.807, 2.05) is 19.1 Å². The van der Waals surface area contributed by atoms with Crippen LogP contribution in [0.25, 0.3) is 0 Å². The van der Waals surface area contributed by atoms with E-state index in [2.05, 4.69) is 36.2 Å². The van der Waals surface area contributed by atoms with Gasteiger partial charge in [0.1, 0.15) is 10.8 Å². The first-order chi connectivity index (χ1) is 15.8. The van der Waals surface area contributed by atoms with Crippen LogP contribution < -0.4 is 26.0 Å². The third-order valence-electron chi connectivity index (χ3n) is 4.68. The molecule has 0 bridgehead atoms. The number of ether oxygens (including phenoxy) is 1. The number of benzene rings is 1. The number of fused-ring (bicyclic) bond motifs is 1. The van der Waals surface area contributed by atoms with Crippen molar-refractivity contribution in [1.82, 2.24) is 15.0 Å². The number of nitrogens with zero attached hydrogens (tertiary/aromatic N) is 3. The van der Waals surface area contributed by atoms with Crippen molar-refractivity contribution < 1.29 is 14.3 Å². The van der Waals surface area contributed by atoms with E-state index in [0.717, 1.165) is 5.56 Å². The first-order valence-corrected chi connectivity index (χ1v) is 10.5. The van der Waals surface area contributed by atoms with Crippen LogP contribution in [-0.2, 0) is 9.59 Å². The van der Waals surface area contributed by atoms with Crippen LogP contribution in [0.4, 0.5) is 34.8 Å². The average Bonchev–Trinajstić information content (AvgIpc) is 2.87. The number of aryl methyl sites for hydroxylation is 1. The van der Waals surface area contributed by atoms with Gasteiger partial charge in [0, 0.05) is 18.3 Å². The summed E-state index contributed by atoms with van der Waals surface area (Å²) in [4.78, 5) is 36.5. The number of aromatic nitrogens is 3. The quantitative estimate of drug-likeness (QED) is 0.438. The number of halogens is 1. The van der Waals surface area contributed by atoms with Gasteiger partial charge in [-0.05, 0) is 42.8 Å². The number of amides is 2. The van der Waals surface area contributed by atoms with Crippen LogP contribution in [0.15, 0.2) is 36.5 Å². The molecule has 3 heterocycles. The Morgan fingerprint density at radius 1 is 1.18 bits per heavy atom. The van der Waals surface area contributed by atoms with E-state index >= 15 is 0 Å². The molecule has 170 valence electrons. The van der Waals surface area contributed by atoms with Gasteiger partial charge in [0.2, 0.25) is 17.8 Å². The summed E-state index contributed by atoms with van der Waals surface area (Å²) < 4.78 is 5.63. The summed E-state index contributed by atoms with van der Waals surface area (Å²) in [5.74, 6) is 1.24. The molecule has 0 saturated carbocycles. The fourth-order valence-corrected chi connectivity index (χ4v) is 3.29. The highest BCUT2D eigenvalue weighted by Gasteiger charge is 2.22. The van der Waals surface area contributed by atoms with Gasteiger partial charge in [-0.3, -0.25) is 9.59 Å². The standard InChI is InChI=1S/C22H22ClN7O3/c1-11-6-14(25-13(3)31)8-15(7-11)26-22-24-9-16(23)19(30-22)27-18-5-4-17-20(28-18)29-21(32)12(2)10-33-17/h4-9,12H,10H2,1-3H3,(H,25,31)(H3,24,26,27,28,29,30,32). The summed E-state index contributed by atoms with van der Waals surface area (Å²) in [6.07, 6.45) is 1.46. The molecule has 1 aliphatic heterocycles. The van der Waals surface area contributed by atoms with E-state index in [4.69, 9.17) is 16.3 Å². The molecular formula is C22H22ClN7O3. The zero-order chi connectivity index (χ0) is 23.5. The van der Waals surface area contributed by atoms with E-state index in [0.29, 0.717) is 40.5 Å². The monoisotopic (exact) mass is 467 g/mol. The fraction of sp³-hybridized carbons (Fsp3) is 0.227. The highest BCUT2D eigenvalue weighted by Crippen LogP contribution is 2.30. The van der Waals surface area contributed by atoms with E-state index in [1.165, 1.54) is 13.1 Å². The second-order valence-electron chi connectivity index (χ2n) is 7.65. The lowest BCUT2D eigenvalue weighted by atomic mass is 10.2. The molecule has 2 amide bonds. The molecule has 0 spiro atoms. The molecule has 2 aromatic heterocycles. The van der Waals surface area contributed by atoms with Crippen molar-refractivity contribution in [2.24, 2.45) is 5.92 Å². The average molecular weight is 468 g/mol. The Labute approximate surface area is 195 Å². The van der Waals surface area contributed by atoms with E-state index < -0.39 is 0 Å². The predicted molar refractivity (Wildman–Crippen MR) is 127 cm³/mol. The van der Waals surface area contributed by atoms with Gasteiger partial charge in [0.25, 0.3) is 0 Å². The highest BCUT2D eigenvalue weighted by molar-refractivity contribution is 6.32. The van der Waals surface area contributed by atoms with Gasteiger partial charge in [-0.25, -0.2) is 9.97 Å². The van der Waals surface area contributed by atoms with Crippen LogP contribution >= 0.6 is 11.6 Å². The normalized spacial score (nSPS) is 14.9. The van der Waals surface area contributed by atoms with Crippen molar-refractivity contribution in [3.05, 3.63) is 47.1 Å². The van der Waals surface area contributed by atoms with Gasteiger partial charge in [-0.1, -0.05) is 18.5 Å². The van der Waals surface area contributed by atoms with Crippen molar-refractivity contribution in [3.8, 4) is 5.75 Å². The van der Waals surface area contributed by atoms with Gasteiger partial charge >= 0.3 is 0 Å². The van der Waals surface area contributed by atoms with Crippen LogP contribution in [-0.4, -0.2) is 33.4 Å². The summed E-state index contributed by atoms with van der Waals surface area (Å²) in [5.41, 5.74) is 2.30. The molecule has 4 N–H and O–H groups in total. The summed E-state index contributed by atoms with van der Waals surface area (Å²) in [5, 5.41) is 12.0. The molecule has 0 aliphatic carbocycles. The number of anilines is 6. The molecule has 0 radical (unpaired) electrons. The van der Waals surface area contributed by atoms with E-state index in [-0.39, 0.29) is 29.4 Å². The van der Waals surface area contributed by atoms with Crippen LogP contribution in [0.5, 0.6) is 5.75 Å². The van der Waals surface area contributed by atoms with Crippen LogP contribution in [0.2, 0.25) is 5.02 Å². The number of rotatable bonds is 5. The maximum Gasteiger partial charge on any atom is 0.231 e. The second kappa shape index (κ2) is 9.29. The maximum atomic E-state index is 12.1. The second-order valence-corrected chi connectivity index (χ2v) is 8.06. The molecular weight excluding hydrogens is 446 g/mol. The number of carbonyl (C=O) groups excluding carboxylic acids is 2. The number of hydrogen-bond donors (Lipinski definition) is 4. The van der Waals surface area contributed by atoms with Gasteiger partial charge in [0.05, 0.1) is 18.7 Å². The van der Waals surface area contributed by atoms with Gasteiger partial charge in [0.15, 0.2) is 17.4 Å². The Morgan fingerprint density at radius 2 is 1.97 bits per heavy atom. The Morgan fingerprint density at radius 3 is 2.76 bits per heavy atom. The number of hydrogen-bond acceptors (Lipinski definition) is 8. The minimum atomic E-state index is -0.284. The molecule has 3 aromatic rings. The number of pyridine rings is 1. The smallest absolute Gasteiger partial charge is 0.231 e. The topological polar surface area (TPSA) is 130 Å². The van der Waals surface area contributed by atoms with E-state index in [9.17, 15) is 9.59 Å². The minimum Gasteiger partial charge on any atom is -0.489 e. The predicted octanol–water partition coefficient (Wildman–Crippen LogP) is 4.25. The van der Waals surface area contributed by atoms with E-state index in [1.54, 1.807) is 25.1 Å². The molecule has 33 heavy (non-hydrogen) atoms. The summed E-state index contributed by atoms with van der Waals surface area (Å²) in [7, 11) is 0. The zero-order valence-electron chi connectivity index (χ0n) is 18.2. The van der Waals surface area contributed by atoms with Crippen LogP contribution in [0, 0.1) is 12.8 Å². The molecule has 4 rings (SSSR count). The molecule has 11 heteroatoms. The Bertz CT molecular complexity index is 1230. The maximum absolute atomic E-state index is 12.1. The van der Waals surface area contributed by atoms with Crippen molar-refractivity contribution >= 4 is 58.2 Å². The largest absolute Gasteiger partial charge is 0.489 e. The van der Waals surface area contributed by atoms with Crippen molar-refractivity contribution in [1.29, 1.82) is 0 Å². The number of nitrogens with one attached hydrogen (secondary N) is 4. The first kappa shape index (κ1) is 22.3. The third-order valence-corrected chi connectivity index (χ3v) is 4.96. The molecule has 1 unspecified atom stereocenters. The lowest BCUT2D eigenvalue weighted by molar-refractivity contribution is -0.120. The highest BCUT2D eigenvalue weighted by atomic mass is 35.5. The molecule has 0 saturated heterocycles. The van der Waals surface area contributed by atoms with Crippen molar-refractivity contribution in [3.63, 3.8) is 0 Å². The van der Waals surface area contributed by atoms with Gasteiger partial charge in [-0.15, -0.1) is 0 Å². The fourth-order valence-electron chi connectivity index (χ4n) is 3.15. The molecule has 1 atom stereocenters. The lowest BCUT2D eigenvalue weighted by Crippen LogP contribution is -2.22. The molecule has 0 fully saturated rings.